The van der Waals surface area contributed by atoms with E-state index < -0.39 is 0 Å². The number of ether oxygens (including phenoxy) is 1. The maximum Gasteiger partial charge on any atom is 0.260 e. The number of aromatic amines is 1. The first-order valence-corrected chi connectivity index (χ1v) is 10.8. The molecule has 0 spiro atoms. The molecule has 0 saturated carbocycles. The third-order valence-electron chi connectivity index (χ3n) is 5.76. The number of hydrogen-bond acceptors (Lipinski definition) is 5. The molecule has 1 amide bonds. The molecule has 1 N–H and O–H groups in total. The van der Waals surface area contributed by atoms with E-state index in [9.17, 15) is 9.59 Å². The zero-order chi connectivity index (χ0) is 22.7. The number of nitrogens with zero attached hydrogens (tertiary/aromatic N) is 3. The third kappa shape index (κ3) is 5.04. The molecule has 0 bridgehead atoms. The molecule has 0 radical (unpaired) electrons. The molecule has 1 atom stereocenters. The van der Waals surface area contributed by atoms with E-state index in [0.717, 1.165) is 12.0 Å². The van der Waals surface area contributed by atoms with E-state index in [2.05, 4.69) is 35.7 Å². The summed E-state index contributed by atoms with van der Waals surface area (Å²) < 4.78 is 5.72. The van der Waals surface area contributed by atoms with Crippen LogP contribution in [0, 0.1) is 0 Å². The van der Waals surface area contributed by atoms with Gasteiger partial charge in [-0.3, -0.25) is 14.6 Å². The van der Waals surface area contributed by atoms with Gasteiger partial charge in [0, 0.05) is 43.0 Å². The van der Waals surface area contributed by atoms with Crippen molar-refractivity contribution in [3.05, 3.63) is 76.5 Å². The molecule has 3 aromatic rings. The quantitative estimate of drug-likeness (QED) is 0.666. The predicted molar refractivity (Wildman–Crippen MR) is 123 cm³/mol. The van der Waals surface area contributed by atoms with Gasteiger partial charge in [-0.05, 0) is 41.7 Å². The smallest absolute Gasteiger partial charge is 0.260 e. The molecule has 1 fully saturated rings. The van der Waals surface area contributed by atoms with Gasteiger partial charge in [-0.2, -0.15) is 0 Å². The molecule has 1 aromatic carbocycles. The number of aromatic nitrogens is 3. The summed E-state index contributed by atoms with van der Waals surface area (Å²) in [6.45, 7) is 7.61. The Hall–Kier alpha value is -3.48. The highest BCUT2D eigenvalue weighted by Crippen LogP contribution is 2.27. The topological polar surface area (TPSA) is 88.2 Å². The second kappa shape index (κ2) is 8.94. The van der Waals surface area contributed by atoms with Crippen molar-refractivity contribution in [1.29, 1.82) is 0 Å². The lowest BCUT2D eigenvalue weighted by atomic mass is 9.87. The number of rotatable bonds is 5. The Labute approximate surface area is 187 Å². The maximum absolute atomic E-state index is 12.7. The lowest BCUT2D eigenvalue weighted by Crippen LogP contribution is -2.33. The van der Waals surface area contributed by atoms with Crippen molar-refractivity contribution < 1.29 is 9.53 Å². The SMILES string of the molecule is CC(C)(C)c1ccc(OCC(=O)N2CCC(c3cc(=O)[nH]c(-c4ccncc4)n3)C2)cc1. The van der Waals surface area contributed by atoms with Crippen LogP contribution in [0.2, 0.25) is 0 Å². The Balaban J connectivity index is 1.38. The van der Waals surface area contributed by atoms with Crippen LogP contribution < -0.4 is 10.3 Å². The molecule has 1 saturated heterocycles. The second-order valence-electron chi connectivity index (χ2n) is 9.14. The number of pyridine rings is 1. The van der Waals surface area contributed by atoms with E-state index in [1.165, 1.54) is 11.6 Å². The van der Waals surface area contributed by atoms with Gasteiger partial charge in [0.1, 0.15) is 11.6 Å². The van der Waals surface area contributed by atoms with Crippen molar-refractivity contribution in [3.63, 3.8) is 0 Å². The summed E-state index contributed by atoms with van der Waals surface area (Å²) in [7, 11) is 0. The van der Waals surface area contributed by atoms with E-state index in [0.29, 0.717) is 30.4 Å². The molecular formula is C25H28N4O3. The summed E-state index contributed by atoms with van der Waals surface area (Å²) in [5, 5.41) is 0. The summed E-state index contributed by atoms with van der Waals surface area (Å²) in [5.41, 5.74) is 2.59. The average Bonchev–Trinajstić information content (AvgIpc) is 3.28. The first-order chi connectivity index (χ1) is 15.3. The number of H-pyrrole nitrogens is 1. The van der Waals surface area contributed by atoms with Crippen molar-refractivity contribution in [1.82, 2.24) is 19.9 Å². The minimum atomic E-state index is -0.200. The predicted octanol–water partition coefficient (Wildman–Crippen LogP) is 3.52. The Morgan fingerprint density at radius 3 is 2.56 bits per heavy atom. The van der Waals surface area contributed by atoms with Gasteiger partial charge < -0.3 is 14.6 Å². The van der Waals surface area contributed by atoms with Crippen LogP contribution in [0.15, 0.2) is 59.7 Å². The number of likely N-dealkylation sites (tertiary alicyclic amines) is 1. The molecule has 1 unspecified atom stereocenters. The van der Waals surface area contributed by atoms with Gasteiger partial charge in [-0.15, -0.1) is 0 Å². The van der Waals surface area contributed by atoms with E-state index in [-0.39, 0.29) is 29.4 Å². The summed E-state index contributed by atoms with van der Waals surface area (Å²) >= 11 is 0. The van der Waals surface area contributed by atoms with Gasteiger partial charge in [-0.1, -0.05) is 32.9 Å². The van der Waals surface area contributed by atoms with Crippen LogP contribution in [0.4, 0.5) is 0 Å². The molecule has 7 nitrogen and oxygen atoms in total. The van der Waals surface area contributed by atoms with Gasteiger partial charge >= 0.3 is 0 Å². The van der Waals surface area contributed by atoms with Crippen molar-refractivity contribution in [2.24, 2.45) is 0 Å². The van der Waals surface area contributed by atoms with Crippen LogP contribution in [0.5, 0.6) is 5.75 Å². The van der Waals surface area contributed by atoms with Crippen LogP contribution in [0.25, 0.3) is 11.4 Å². The van der Waals surface area contributed by atoms with Crippen LogP contribution in [-0.4, -0.2) is 45.5 Å². The van der Waals surface area contributed by atoms with Gasteiger partial charge in [0.05, 0.1) is 5.69 Å². The highest BCUT2D eigenvalue weighted by Gasteiger charge is 2.29. The van der Waals surface area contributed by atoms with Crippen molar-refractivity contribution >= 4 is 5.91 Å². The van der Waals surface area contributed by atoms with Crippen molar-refractivity contribution in [2.75, 3.05) is 19.7 Å². The Morgan fingerprint density at radius 2 is 1.88 bits per heavy atom. The second-order valence-corrected chi connectivity index (χ2v) is 9.14. The number of hydrogen-bond donors (Lipinski definition) is 1. The molecule has 2 aromatic heterocycles. The molecule has 4 rings (SSSR count). The number of carbonyl (C=O) groups excluding carboxylic acids is 1. The fraction of sp³-hybridized carbons (Fsp3) is 0.360. The standard InChI is InChI=1S/C25H28N4O3/c1-25(2,3)19-4-6-20(7-5-19)32-16-23(31)29-13-10-18(15-29)21-14-22(30)28-24(27-21)17-8-11-26-12-9-17/h4-9,11-12,14,18H,10,13,15-16H2,1-3H3,(H,27,28,30). The zero-order valence-electron chi connectivity index (χ0n) is 18.7. The van der Waals surface area contributed by atoms with Gasteiger partial charge in [-0.25, -0.2) is 4.98 Å². The number of benzene rings is 1. The van der Waals surface area contributed by atoms with E-state index >= 15 is 0 Å². The summed E-state index contributed by atoms with van der Waals surface area (Å²) in [6.07, 6.45) is 4.08. The monoisotopic (exact) mass is 432 g/mol. The van der Waals surface area contributed by atoms with E-state index in [1.54, 1.807) is 29.4 Å². The third-order valence-corrected chi connectivity index (χ3v) is 5.76. The van der Waals surface area contributed by atoms with Crippen LogP contribution in [0.1, 0.15) is 44.4 Å². The van der Waals surface area contributed by atoms with Crippen LogP contribution >= 0.6 is 0 Å². The number of carbonyl (C=O) groups is 1. The maximum atomic E-state index is 12.7. The molecule has 1 aliphatic heterocycles. The van der Waals surface area contributed by atoms with E-state index in [4.69, 9.17) is 4.74 Å². The van der Waals surface area contributed by atoms with Gasteiger partial charge in [0.15, 0.2) is 6.61 Å². The summed E-state index contributed by atoms with van der Waals surface area (Å²) in [6, 6.07) is 13.0. The lowest BCUT2D eigenvalue weighted by Gasteiger charge is -2.20. The summed E-state index contributed by atoms with van der Waals surface area (Å²) in [4.78, 5) is 38.1. The van der Waals surface area contributed by atoms with Crippen molar-refractivity contribution in [2.45, 2.75) is 38.5 Å². The van der Waals surface area contributed by atoms with Crippen LogP contribution in [0.3, 0.4) is 0 Å². The molecule has 32 heavy (non-hydrogen) atoms. The Bertz CT molecular complexity index is 1130. The van der Waals surface area contributed by atoms with Crippen LogP contribution in [-0.2, 0) is 10.2 Å². The lowest BCUT2D eigenvalue weighted by molar-refractivity contribution is -0.132. The highest BCUT2D eigenvalue weighted by molar-refractivity contribution is 5.78. The first-order valence-electron chi connectivity index (χ1n) is 10.8. The Morgan fingerprint density at radius 1 is 1.16 bits per heavy atom. The summed E-state index contributed by atoms with van der Waals surface area (Å²) in [5.74, 6) is 1.15. The normalized spacial score (nSPS) is 16.2. The highest BCUT2D eigenvalue weighted by atomic mass is 16.5. The number of nitrogens with one attached hydrogen (secondary N) is 1. The molecule has 0 aliphatic carbocycles. The minimum Gasteiger partial charge on any atom is -0.484 e. The van der Waals surface area contributed by atoms with E-state index in [1.807, 2.05) is 24.3 Å². The number of amides is 1. The fourth-order valence-electron chi connectivity index (χ4n) is 3.85. The Kier molecular flexibility index (Phi) is 6.08. The molecule has 1 aliphatic rings. The van der Waals surface area contributed by atoms with Gasteiger partial charge in [0.2, 0.25) is 0 Å². The average molecular weight is 433 g/mol. The van der Waals surface area contributed by atoms with Gasteiger partial charge in [0.25, 0.3) is 11.5 Å². The first kappa shape index (κ1) is 21.7. The fourth-order valence-corrected chi connectivity index (χ4v) is 3.85. The molecule has 166 valence electrons. The van der Waals surface area contributed by atoms with Crippen molar-refractivity contribution in [3.8, 4) is 17.1 Å². The molecular weight excluding hydrogens is 404 g/mol. The largest absolute Gasteiger partial charge is 0.484 e. The zero-order valence-corrected chi connectivity index (χ0v) is 18.7. The molecule has 7 heteroatoms. The minimum absolute atomic E-state index is 0.00729. The molecule has 3 heterocycles.